The molecule has 0 saturated heterocycles. The van der Waals surface area contributed by atoms with Gasteiger partial charge in [-0.15, -0.1) is 0 Å². The molecule has 1 heterocycles. The van der Waals surface area contributed by atoms with Crippen LogP contribution in [0.5, 0.6) is 11.5 Å². The molecule has 0 saturated carbocycles. The minimum Gasteiger partial charge on any atom is -0.497 e. The molecule has 0 radical (unpaired) electrons. The number of halogens is 1. The van der Waals surface area contributed by atoms with Gasteiger partial charge in [-0.3, -0.25) is 15.0 Å². The molecule has 10 nitrogen and oxygen atoms in total. The van der Waals surface area contributed by atoms with E-state index in [9.17, 15) is 9.59 Å². The first-order valence-electron chi connectivity index (χ1n) is 14.8. The molecule has 0 aromatic heterocycles. The minimum absolute atomic E-state index is 0.00407. The molecule has 3 aromatic carbocycles. The largest absolute Gasteiger partial charge is 0.497 e. The van der Waals surface area contributed by atoms with Crippen LogP contribution >= 0.6 is 11.6 Å². The lowest BCUT2D eigenvalue weighted by Gasteiger charge is -2.31. The first kappa shape index (κ1) is 33.8. The number of rotatable bonds is 14. The summed E-state index contributed by atoms with van der Waals surface area (Å²) >= 11 is 6.02. The highest BCUT2D eigenvalue weighted by molar-refractivity contribution is 6.30. The van der Waals surface area contributed by atoms with Gasteiger partial charge in [-0.2, -0.15) is 0 Å². The first-order valence-corrected chi connectivity index (χ1v) is 15.1. The fourth-order valence-corrected chi connectivity index (χ4v) is 4.92. The number of methoxy groups -OCH3 is 1. The van der Waals surface area contributed by atoms with Crippen molar-refractivity contribution in [1.29, 1.82) is 0 Å². The van der Waals surface area contributed by atoms with Crippen LogP contribution in [0, 0.1) is 0 Å². The van der Waals surface area contributed by atoms with Crippen LogP contribution in [0.1, 0.15) is 62.8 Å². The molecule has 0 spiro atoms. The molecule has 1 amide bonds. The van der Waals surface area contributed by atoms with E-state index in [2.05, 4.69) is 10.9 Å². The van der Waals surface area contributed by atoms with Crippen molar-refractivity contribution < 1.29 is 33.6 Å². The van der Waals surface area contributed by atoms with E-state index in [1.807, 2.05) is 24.3 Å². The van der Waals surface area contributed by atoms with Gasteiger partial charge in [-0.25, -0.2) is 10.4 Å². The van der Waals surface area contributed by atoms with Crippen molar-refractivity contribution in [3.8, 4) is 11.5 Å². The third-order valence-corrected chi connectivity index (χ3v) is 7.22. The van der Waals surface area contributed by atoms with Crippen molar-refractivity contribution in [3.63, 3.8) is 0 Å². The van der Waals surface area contributed by atoms with Crippen LogP contribution in [0.3, 0.4) is 0 Å². The Morgan fingerprint density at radius 2 is 1.78 bits per heavy atom. The average Bonchev–Trinajstić information content (AvgIpc) is 3.42. The van der Waals surface area contributed by atoms with Gasteiger partial charge in [0.1, 0.15) is 17.1 Å². The number of aliphatic hydroxyl groups is 1. The predicted octanol–water partition coefficient (Wildman–Crippen LogP) is 5.31. The highest BCUT2D eigenvalue weighted by Crippen LogP contribution is 2.44. The van der Waals surface area contributed by atoms with Gasteiger partial charge in [0.15, 0.2) is 11.6 Å². The number of nitrogens with zero attached hydrogens (tertiary/aromatic N) is 1. The maximum absolute atomic E-state index is 14.2. The van der Waals surface area contributed by atoms with E-state index in [1.165, 1.54) is 0 Å². The lowest BCUT2D eigenvalue weighted by atomic mass is 9.83. The molecule has 11 heteroatoms. The molecule has 0 aliphatic carbocycles. The van der Waals surface area contributed by atoms with Gasteiger partial charge in [0.05, 0.1) is 13.7 Å². The lowest BCUT2D eigenvalue weighted by Crippen LogP contribution is -2.52. The van der Waals surface area contributed by atoms with Crippen molar-refractivity contribution >= 4 is 29.4 Å². The number of amides is 1. The summed E-state index contributed by atoms with van der Waals surface area (Å²) in [5.41, 5.74) is 5.72. The Morgan fingerprint density at radius 1 is 1.04 bits per heavy atom. The minimum atomic E-state index is -1.55. The standard InChI is InChI=1S/C34H40ClN3O7/c1-33(2,3)45-29(40)17-18-34(32(41)38-36-22-23-9-13-26(35)14-10-23)30(25-7-5-8-28(21-25)42-4)44-31(37-34)24-11-15-27(16-12-24)43-20-6-19-39/h5,7-16,21,30,36,39H,6,17-20,22H2,1-4H3,(H,38,41)/t30-,34-/m0/s1. The van der Waals surface area contributed by atoms with E-state index in [4.69, 9.17) is 40.6 Å². The van der Waals surface area contributed by atoms with Crippen LogP contribution in [-0.4, -0.2) is 54.3 Å². The van der Waals surface area contributed by atoms with Crippen LogP contribution in [0.2, 0.25) is 5.02 Å². The monoisotopic (exact) mass is 637 g/mol. The smallest absolute Gasteiger partial charge is 0.306 e. The van der Waals surface area contributed by atoms with E-state index in [-0.39, 0.29) is 25.3 Å². The molecule has 240 valence electrons. The second-order valence-corrected chi connectivity index (χ2v) is 12.0. The highest BCUT2D eigenvalue weighted by Gasteiger charge is 2.53. The number of carbonyl (C=O) groups excluding carboxylic acids is 2. The summed E-state index contributed by atoms with van der Waals surface area (Å²) in [7, 11) is 1.56. The molecular weight excluding hydrogens is 598 g/mol. The molecule has 1 aliphatic heterocycles. The summed E-state index contributed by atoms with van der Waals surface area (Å²) in [5, 5.41) is 9.65. The van der Waals surface area contributed by atoms with Gasteiger partial charge < -0.3 is 24.1 Å². The number of hydrazine groups is 1. The molecule has 0 unspecified atom stereocenters. The zero-order valence-electron chi connectivity index (χ0n) is 26.0. The molecular formula is C34H40ClN3O7. The van der Waals surface area contributed by atoms with Crippen LogP contribution in [0.15, 0.2) is 77.8 Å². The zero-order valence-corrected chi connectivity index (χ0v) is 26.7. The number of hydrogen-bond donors (Lipinski definition) is 3. The Labute approximate surface area is 268 Å². The zero-order chi connectivity index (χ0) is 32.5. The van der Waals surface area contributed by atoms with Gasteiger partial charge in [0, 0.05) is 36.6 Å². The summed E-state index contributed by atoms with van der Waals surface area (Å²) in [6.07, 6.45) is -0.464. The van der Waals surface area contributed by atoms with Crippen LogP contribution in [-0.2, 0) is 25.6 Å². The second-order valence-electron chi connectivity index (χ2n) is 11.6. The molecule has 3 aromatic rings. The number of ether oxygens (including phenoxy) is 4. The van der Waals surface area contributed by atoms with E-state index >= 15 is 0 Å². The summed E-state index contributed by atoms with van der Waals surface area (Å²) in [4.78, 5) is 32.1. The number of benzene rings is 3. The summed E-state index contributed by atoms with van der Waals surface area (Å²) in [6.45, 7) is 6.11. The van der Waals surface area contributed by atoms with E-state index < -0.39 is 29.1 Å². The Kier molecular flexibility index (Phi) is 11.4. The third-order valence-electron chi connectivity index (χ3n) is 6.96. The molecule has 45 heavy (non-hydrogen) atoms. The van der Waals surface area contributed by atoms with Crippen molar-refractivity contribution in [2.75, 3.05) is 20.3 Å². The molecule has 3 N–H and O–H groups in total. The van der Waals surface area contributed by atoms with Gasteiger partial charge in [0.2, 0.25) is 5.90 Å². The highest BCUT2D eigenvalue weighted by atomic mass is 35.5. The van der Waals surface area contributed by atoms with Gasteiger partial charge in [-0.1, -0.05) is 35.9 Å². The van der Waals surface area contributed by atoms with E-state index in [0.717, 1.165) is 5.56 Å². The van der Waals surface area contributed by atoms with Gasteiger partial charge in [0.25, 0.3) is 5.91 Å². The Balaban J connectivity index is 1.69. The SMILES string of the molecule is COc1cccc([C@@H]2OC(c3ccc(OCCCO)cc3)=N[C@]2(CCC(=O)OC(C)(C)C)C(=O)NNCc2ccc(Cl)cc2)c1. The Hall–Kier alpha value is -4.12. The van der Waals surface area contributed by atoms with Crippen molar-refractivity contribution in [3.05, 3.63) is 94.5 Å². The predicted molar refractivity (Wildman–Crippen MR) is 171 cm³/mol. The van der Waals surface area contributed by atoms with E-state index in [1.54, 1.807) is 76.4 Å². The lowest BCUT2D eigenvalue weighted by molar-refractivity contribution is -0.155. The van der Waals surface area contributed by atoms with Crippen LogP contribution in [0.25, 0.3) is 0 Å². The third kappa shape index (κ3) is 9.20. The molecule has 2 atom stereocenters. The van der Waals surface area contributed by atoms with E-state index in [0.29, 0.717) is 47.2 Å². The number of carbonyl (C=O) groups is 2. The quantitative estimate of drug-likeness (QED) is 0.123. The van der Waals surface area contributed by atoms with Crippen molar-refractivity contribution in [2.24, 2.45) is 4.99 Å². The second kappa shape index (κ2) is 15.2. The maximum Gasteiger partial charge on any atom is 0.306 e. The van der Waals surface area contributed by atoms with Crippen LogP contribution in [0.4, 0.5) is 0 Å². The topological polar surface area (TPSA) is 128 Å². The average molecular weight is 638 g/mol. The Bertz CT molecular complexity index is 1470. The number of nitrogens with one attached hydrogen (secondary N) is 2. The first-order chi connectivity index (χ1) is 21.5. The van der Waals surface area contributed by atoms with Crippen molar-refractivity contribution in [2.45, 2.75) is 63.8 Å². The maximum atomic E-state index is 14.2. The number of hydrogen-bond acceptors (Lipinski definition) is 9. The van der Waals surface area contributed by atoms with Crippen molar-refractivity contribution in [1.82, 2.24) is 10.9 Å². The molecule has 4 rings (SSSR count). The van der Waals surface area contributed by atoms with Gasteiger partial charge in [-0.05, 0) is 86.8 Å². The fraction of sp³-hybridized carbons (Fsp3) is 0.382. The fourth-order valence-electron chi connectivity index (χ4n) is 4.80. The Morgan fingerprint density at radius 3 is 2.44 bits per heavy atom. The summed E-state index contributed by atoms with van der Waals surface area (Å²) in [5.74, 6) is 0.501. The molecule has 1 aliphatic rings. The normalized spacial score (nSPS) is 17.6. The summed E-state index contributed by atoms with van der Waals surface area (Å²) < 4.78 is 23.2. The molecule has 0 bridgehead atoms. The number of aliphatic imine (C=N–C) groups is 1. The van der Waals surface area contributed by atoms with Crippen LogP contribution < -0.4 is 20.3 Å². The number of aliphatic hydroxyl groups excluding tert-OH is 1. The van der Waals surface area contributed by atoms with Gasteiger partial charge >= 0.3 is 5.97 Å². The molecule has 0 fully saturated rings. The summed E-state index contributed by atoms with van der Waals surface area (Å²) in [6, 6.07) is 21.6. The number of esters is 1.